The summed E-state index contributed by atoms with van der Waals surface area (Å²) in [6, 6.07) is 16.6. The second kappa shape index (κ2) is 4.22. The van der Waals surface area contributed by atoms with Crippen molar-refractivity contribution in [2.75, 3.05) is 0 Å². The highest BCUT2D eigenvalue weighted by Crippen LogP contribution is 2.27. The van der Waals surface area contributed by atoms with Gasteiger partial charge in [0.2, 0.25) is 0 Å². The Morgan fingerprint density at radius 2 is 1.67 bits per heavy atom. The molecule has 1 nitrogen and oxygen atoms in total. The smallest absolute Gasteiger partial charge is 0.123 e. The van der Waals surface area contributed by atoms with Gasteiger partial charge < -0.3 is 0 Å². The molecule has 0 aliphatic rings. The molecular weight excluding hydrogens is 225 g/mol. The molecule has 0 radical (unpaired) electrons. The van der Waals surface area contributed by atoms with Crippen molar-refractivity contribution in [3.8, 4) is 11.3 Å². The van der Waals surface area contributed by atoms with Crippen LogP contribution in [0.5, 0.6) is 0 Å². The number of pyridine rings is 1. The van der Waals surface area contributed by atoms with E-state index in [1.165, 1.54) is 12.1 Å². The van der Waals surface area contributed by atoms with Gasteiger partial charge in [-0.3, -0.25) is 4.98 Å². The lowest BCUT2D eigenvalue weighted by Gasteiger charge is -2.07. The average Bonchev–Trinajstić information content (AvgIpc) is 2.38. The molecule has 0 unspecified atom stereocenters. The largest absolute Gasteiger partial charge is 0.252 e. The fraction of sp³-hybridized carbons (Fsp3) is 0.0625. The van der Waals surface area contributed by atoms with Crippen molar-refractivity contribution in [3.63, 3.8) is 0 Å². The van der Waals surface area contributed by atoms with Crippen LogP contribution in [0, 0.1) is 12.7 Å². The summed E-state index contributed by atoms with van der Waals surface area (Å²) in [4.78, 5) is 4.58. The van der Waals surface area contributed by atoms with Crippen LogP contribution in [0.1, 0.15) is 5.69 Å². The quantitative estimate of drug-likeness (QED) is 0.613. The lowest BCUT2D eigenvalue weighted by atomic mass is 10.0. The molecule has 0 aliphatic heterocycles. The summed E-state index contributed by atoms with van der Waals surface area (Å²) in [6.07, 6.45) is 0. The standard InChI is InChI=1S/C16H12FN/c1-11-10-13-4-2-3-5-15(13)16(18-11)12-6-8-14(17)9-7-12/h2-10H,1H3. The molecule has 88 valence electrons. The van der Waals surface area contributed by atoms with Crippen molar-refractivity contribution in [2.45, 2.75) is 6.92 Å². The van der Waals surface area contributed by atoms with Crippen molar-refractivity contribution in [1.29, 1.82) is 0 Å². The van der Waals surface area contributed by atoms with E-state index in [0.29, 0.717) is 0 Å². The first-order valence-corrected chi connectivity index (χ1v) is 5.86. The average molecular weight is 237 g/mol. The Hall–Kier alpha value is -2.22. The molecule has 0 bridgehead atoms. The van der Waals surface area contributed by atoms with Gasteiger partial charge in [-0.15, -0.1) is 0 Å². The molecule has 0 N–H and O–H groups in total. The third kappa shape index (κ3) is 1.86. The van der Waals surface area contributed by atoms with E-state index >= 15 is 0 Å². The van der Waals surface area contributed by atoms with E-state index in [4.69, 9.17) is 0 Å². The molecule has 2 aromatic carbocycles. The summed E-state index contributed by atoms with van der Waals surface area (Å²) >= 11 is 0. The molecule has 0 spiro atoms. The number of halogens is 1. The summed E-state index contributed by atoms with van der Waals surface area (Å²) < 4.78 is 13.0. The zero-order valence-corrected chi connectivity index (χ0v) is 10.0. The Kier molecular flexibility index (Phi) is 2.56. The number of benzene rings is 2. The van der Waals surface area contributed by atoms with Crippen molar-refractivity contribution in [1.82, 2.24) is 4.98 Å². The van der Waals surface area contributed by atoms with Crippen LogP contribution in [0.2, 0.25) is 0 Å². The van der Waals surface area contributed by atoms with Crippen LogP contribution in [-0.2, 0) is 0 Å². The normalized spacial score (nSPS) is 10.8. The van der Waals surface area contributed by atoms with Crippen LogP contribution < -0.4 is 0 Å². The highest BCUT2D eigenvalue weighted by Gasteiger charge is 2.06. The maximum absolute atomic E-state index is 13.0. The molecule has 0 aliphatic carbocycles. The third-order valence-corrected chi connectivity index (χ3v) is 2.99. The number of rotatable bonds is 1. The molecule has 0 amide bonds. The van der Waals surface area contributed by atoms with Crippen molar-refractivity contribution in [2.24, 2.45) is 0 Å². The van der Waals surface area contributed by atoms with Crippen molar-refractivity contribution >= 4 is 10.8 Å². The predicted molar refractivity (Wildman–Crippen MR) is 71.9 cm³/mol. The minimum Gasteiger partial charge on any atom is -0.252 e. The fourth-order valence-corrected chi connectivity index (χ4v) is 2.16. The van der Waals surface area contributed by atoms with E-state index in [1.807, 2.05) is 25.1 Å². The van der Waals surface area contributed by atoms with Gasteiger partial charge >= 0.3 is 0 Å². The lowest BCUT2D eigenvalue weighted by Crippen LogP contribution is -1.89. The SMILES string of the molecule is Cc1cc2ccccc2c(-c2ccc(F)cc2)n1. The second-order valence-corrected chi connectivity index (χ2v) is 4.34. The minimum absolute atomic E-state index is 0.226. The van der Waals surface area contributed by atoms with Crippen LogP contribution in [0.4, 0.5) is 4.39 Å². The van der Waals surface area contributed by atoms with E-state index in [1.54, 1.807) is 12.1 Å². The van der Waals surface area contributed by atoms with Gasteiger partial charge in [-0.25, -0.2) is 4.39 Å². The summed E-state index contributed by atoms with van der Waals surface area (Å²) in [5, 5.41) is 2.25. The van der Waals surface area contributed by atoms with Gasteiger partial charge in [0.25, 0.3) is 0 Å². The molecule has 3 aromatic rings. The predicted octanol–water partition coefficient (Wildman–Crippen LogP) is 4.35. The van der Waals surface area contributed by atoms with Gasteiger partial charge in [0.15, 0.2) is 0 Å². The van der Waals surface area contributed by atoms with E-state index in [9.17, 15) is 4.39 Å². The number of aromatic nitrogens is 1. The van der Waals surface area contributed by atoms with Crippen molar-refractivity contribution < 1.29 is 4.39 Å². The fourth-order valence-electron chi connectivity index (χ4n) is 2.16. The molecule has 18 heavy (non-hydrogen) atoms. The summed E-state index contributed by atoms with van der Waals surface area (Å²) in [6.45, 7) is 1.97. The maximum Gasteiger partial charge on any atom is 0.123 e. The number of hydrogen-bond acceptors (Lipinski definition) is 1. The number of aryl methyl sites for hydroxylation is 1. The highest BCUT2D eigenvalue weighted by atomic mass is 19.1. The highest BCUT2D eigenvalue weighted by molar-refractivity contribution is 5.94. The van der Waals surface area contributed by atoms with E-state index in [0.717, 1.165) is 27.7 Å². The molecule has 0 atom stereocenters. The van der Waals surface area contributed by atoms with Gasteiger partial charge in [-0.05, 0) is 42.6 Å². The zero-order chi connectivity index (χ0) is 12.5. The van der Waals surface area contributed by atoms with Crippen LogP contribution in [-0.4, -0.2) is 4.98 Å². The van der Waals surface area contributed by atoms with Gasteiger partial charge in [0.1, 0.15) is 5.82 Å². The molecule has 3 rings (SSSR count). The van der Waals surface area contributed by atoms with E-state index < -0.39 is 0 Å². The minimum atomic E-state index is -0.226. The Labute approximate surface area is 105 Å². The number of nitrogens with zero attached hydrogens (tertiary/aromatic N) is 1. The van der Waals surface area contributed by atoms with Crippen LogP contribution >= 0.6 is 0 Å². The molecular formula is C16H12FN. The van der Waals surface area contributed by atoms with E-state index in [2.05, 4.69) is 17.1 Å². The first-order valence-electron chi connectivity index (χ1n) is 5.86. The summed E-state index contributed by atoms with van der Waals surface area (Å²) in [5.41, 5.74) is 2.81. The van der Waals surface area contributed by atoms with Crippen LogP contribution in [0.25, 0.3) is 22.0 Å². The molecule has 0 saturated carbocycles. The Morgan fingerprint density at radius 3 is 2.44 bits per heavy atom. The third-order valence-electron chi connectivity index (χ3n) is 2.99. The number of fused-ring (bicyclic) bond motifs is 1. The Bertz CT molecular complexity index is 702. The van der Waals surface area contributed by atoms with Gasteiger partial charge in [0.05, 0.1) is 5.69 Å². The van der Waals surface area contributed by atoms with Gasteiger partial charge in [-0.2, -0.15) is 0 Å². The van der Waals surface area contributed by atoms with Crippen LogP contribution in [0.15, 0.2) is 54.6 Å². The van der Waals surface area contributed by atoms with Crippen LogP contribution in [0.3, 0.4) is 0 Å². The van der Waals surface area contributed by atoms with Gasteiger partial charge in [-0.1, -0.05) is 24.3 Å². The molecule has 1 heterocycles. The summed E-state index contributed by atoms with van der Waals surface area (Å²) in [5.74, 6) is -0.226. The van der Waals surface area contributed by atoms with Gasteiger partial charge in [0, 0.05) is 16.6 Å². The molecule has 0 saturated heterocycles. The number of hydrogen-bond donors (Lipinski definition) is 0. The maximum atomic E-state index is 13.0. The molecule has 1 aromatic heterocycles. The van der Waals surface area contributed by atoms with Crippen molar-refractivity contribution in [3.05, 3.63) is 66.1 Å². The Morgan fingerprint density at radius 1 is 0.944 bits per heavy atom. The second-order valence-electron chi connectivity index (χ2n) is 4.34. The molecule has 0 fully saturated rings. The molecule has 2 heteroatoms. The first kappa shape index (κ1) is 10.9. The zero-order valence-electron chi connectivity index (χ0n) is 10.0. The monoisotopic (exact) mass is 237 g/mol. The van der Waals surface area contributed by atoms with E-state index in [-0.39, 0.29) is 5.82 Å². The topological polar surface area (TPSA) is 12.9 Å². The first-order chi connectivity index (χ1) is 8.74. The summed E-state index contributed by atoms with van der Waals surface area (Å²) in [7, 11) is 0. The Balaban J connectivity index is 2.31. The lowest BCUT2D eigenvalue weighted by molar-refractivity contribution is 0.628.